The Kier molecular flexibility index (Phi) is 7.86. The van der Waals surface area contributed by atoms with E-state index in [0.29, 0.717) is 5.75 Å². The highest BCUT2D eigenvalue weighted by Crippen LogP contribution is 2.49. The number of aryl methyl sites for hydroxylation is 1. The average Bonchev–Trinajstić information content (AvgIpc) is 2.94. The van der Waals surface area contributed by atoms with Gasteiger partial charge in [0, 0.05) is 53.3 Å². The molecule has 1 heterocycles. The van der Waals surface area contributed by atoms with E-state index >= 15 is 0 Å². The summed E-state index contributed by atoms with van der Waals surface area (Å²) in [6, 6.07) is 14.1. The van der Waals surface area contributed by atoms with Gasteiger partial charge in [-0.05, 0) is 55.3 Å². The third-order valence-electron chi connectivity index (χ3n) is 7.00. The number of fused-ring (bicyclic) bond motifs is 3. The maximum absolute atomic E-state index is 7.18. The standard InChI is InChI=1S/C33H37NO4/c1-9-10-24(12-11-23(3)34(4)5)33(25-13-15-26(35-6)16-14-25)18-17-28-22(2)19-29-30(32(28)38-33)20-27(36-7)21-31(29)37-8/h10-21H,3,9H2,1-2,4-8H3/b12-11-,24-10+. The lowest BCUT2D eigenvalue weighted by Crippen LogP contribution is -2.35. The van der Waals surface area contributed by atoms with E-state index in [1.807, 2.05) is 49.3 Å². The van der Waals surface area contributed by atoms with E-state index in [9.17, 15) is 0 Å². The Morgan fingerprint density at radius 1 is 0.947 bits per heavy atom. The molecule has 4 rings (SSSR count). The molecule has 1 aliphatic rings. The van der Waals surface area contributed by atoms with Crippen molar-refractivity contribution in [3.05, 3.63) is 101 Å². The zero-order valence-corrected chi connectivity index (χ0v) is 23.4. The lowest BCUT2D eigenvalue weighted by molar-refractivity contribution is 0.162. The van der Waals surface area contributed by atoms with E-state index in [0.717, 1.165) is 62.4 Å². The quantitative estimate of drug-likeness (QED) is 0.279. The number of allylic oxidation sites excluding steroid dienone is 2. The summed E-state index contributed by atoms with van der Waals surface area (Å²) in [6.45, 7) is 8.41. The lowest BCUT2D eigenvalue weighted by atomic mass is 9.81. The van der Waals surface area contributed by atoms with Crippen LogP contribution in [0.3, 0.4) is 0 Å². The Balaban J connectivity index is 2.01. The van der Waals surface area contributed by atoms with Gasteiger partial charge in [0.15, 0.2) is 5.60 Å². The molecule has 38 heavy (non-hydrogen) atoms. The van der Waals surface area contributed by atoms with Crippen LogP contribution in [-0.2, 0) is 5.60 Å². The van der Waals surface area contributed by atoms with Crippen LogP contribution in [0.2, 0.25) is 0 Å². The fourth-order valence-electron chi connectivity index (χ4n) is 4.77. The van der Waals surface area contributed by atoms with Gasteiger partial charge in [-0.25, -0.2) is 0 Å². The van der Waals surface area contributed by atoms with Crippen molar-refractivity contribution in [3.63, 3.8) is 0 Å². The minimum absolute atomic E-state index is 0.708. The molecular weight excluding hydrogens is 474 g/mol. The molecule has 3 aromatic carbocycles. The summed E-state index contributed by atoms with van der Waals surface area (Å²) in [5.74, 6) is 3.03. The number of hydrogen-bond donors (Lipinski definition) is 0. The first-order valence-corrected chi connectivity index (χ1v) is 12.7. The monoisotopic (exact) mass is 511 g/mol. The summed E-state index contributed by atoms with van der Waals surface area (Å²) < 4.78 is 24.0. The van der Waals surface area contributed by atoms with Crippen molar-refractivity contribution < 1.29 is 18.9 Å². The first-order valence-electron chi connectivity index (χ1n) is 12.7. The van der Waals surface area contributed by atoms with Gasteiger partial charge in [-0.15, -0.1) is 0 Å². The number of ether oxygens (including phenoxy) is 4. The van der Waals surface area contributed by atoms with Gasteiger partial charge >= 0.3 is 0 Å². The molecule has 0 radical (unpaired) electrons. The first-order chi connectivity index (χ1) is 18.3. The van der Waals surface area contributed by atoms with Gasteiger partial charge in [-0.3, -0.25) is 0 Å². The van der Waals surface area contributed by atoms with Crippen LogP contribution in [0, 0.1) is 6.92 Å². The molecule has 0 amide bonds. The molecule has 0 fully saturated rings. The molecule has 1 aliphatic heterocycles. The largest absolute Gasteiger partial charge is 0.497 e. The number of benzene rings is 3. The van der Waals surface area contributed by atoms with Crippen molar-refractivity contribution in [2.45, 2.75) is 25.9 Å². The molecule has 5 nitrogen and oxygen atoms in total. The zero-order chi connectivity index (χ0) is 27.4. The Morgan fingerprint density at radius 2 is 1.66 bits per heavy atom. The number of hydrogen-bond acceptors (Lipinski definition) is 5. The van der Waals surface area contributed by atoms with Gasteiger partial charge in [0.2, 0.25) is 0 Å². The van der Waals surface area contributed by atoms with Gasteiger partial charge in [0.05, 0.1) is 21.3 Å². The zero-order valence-electron chi connectivity index (χ0n) is 23.4. The maximum atomic E-state index is 7.18. The summed E-state index contributed by atoms with van der Waals surface area (Å²) in [7, 11) is 8.98. The predicted octanol–water partition coefficient (Wildman–Crippen LogP) is 7.44. The third-order valence-corrected chi connectivity index (χ3v) is 7.00. The summed E-state index contributed by atoms with van der Waals surface area (Å²) in [5, 5.41) is 1.91. The molecule has 0 bridgehead atoms. The molecule has 0 spiro atoms. The predicted molar refractivity (Wildman–Crippen MR) is 156 cm³/mol. The Morgan fingerprint density at radius 3 is 2.26 bits per heavy atom. The van der Waals surface area contributed by atoms with Crippen LogP contribution in [0.1, 0.15) is 30.0 Å². The van der Waals surface area contributed by atoms with Crippen molar-refractivity contribution in [2.24, 2.45) is 0 Å². The number of nitrogens with zero attached hydrogens (tertiary/aromatic N) is 1. The fourth-order valence-corrected chi connectivity index (χ4v) is 4.77. The van der Waals surface area contributed by atoms with Crippen molar-refractivity contribution >= 4 is 16.8 Å². The maximum Gasteiger partial charge on any atom is 0.177 e. The van der Waals surface area contributed by atoms with E-state index < -0.39 is 5.60 Å². The van der Waals surface area contributed by atoms with Crippen LogP contribution in [0.4, 0.5) is 0 Å². The SMILES string of the molecule is C=C(/C=C\C(=C/CC)C1(c2ccc(OC)cc2)C=Cc2c(C)cc3c(OC)cc(OC)cc3c2O1)N(C)C. The van der Waals surface area contributed by atoms with Crippen LogP contribution >= 0.6 is 0 Å². The molecular formula is C33H37NO4. The van der Waals surface area contributed by atoms with Crippen molar-refractivity contribution in [2.75, 3.05) is 35.4 Å². The van der Waals surface area contributed by atoms with Crippen molar-refractivity contribution in [1.82, 2.24) is 4.90 Å². The molecule has 0 saturated carbocycles. The second-order valence-corrected chi connectivity index (χ2v) is 9.55. The van der Waals surface area contributed by atoms with Crippen LogP contribution in [0.5, 0.6) is 23.0 Å². The number of methoxy groups -OCH3 is 3. The summed E-state index contributed by atoms with van der Waals surface area (Å²) in [4.78, 5) is 1.99. The highest BCUT2D eigenvalue weighted by Gasteiger charge is 2.39. The number of rotatable bonds is 9. The van der Waals surface area contributed by atoms with Crippen LogP contribution in [0.15, 0.2) is 84.6 Å². The minimum Gasteiger partial charge on any atom is -0.497 e. The Labute approximate surface area is 226 Å². The van der Waals surface area contributed by atoms with Gasteiger partial charge in [0.1, 0.15) is 23.0 Å². The minimum atomic E-state index is -0.880. The molecule has 0 saturated heterocycles. The summed E-state index contributed by atoms with van der Waals surface area (Å²) >= 11 is 0. The van der Waals surface area contributed by atoms with Crippen LogP contribution < -0.4 is 18.9 Å². The topological polar surface area (TPSA) is 40.2 Å². The molecule has 1 unspecified atom stereocenters. The second kappa shape index (κ2) is 11.1. The Hall–Kier alpha value is -4.12. The lowest BCUT2D eigenvalue weighted by Gasteiger charge is -2.38. The van der Waals surface area contributed by atoms with Gasteiger partial charge in [-0.1, -0.05) is 43.9 Å². The summed E-state index contributed by atoms with van der Waals surface area (Å²) in [6.07, 6.45) is 11.5. The van der Waals surface area contributed by atoms with E-state index in [4.69, 9.17) is 18.9 Å². The van der Waals surface area contributed by atoms with Gasteiger partial charge in [0.25, 0.3) is 0 Å². The molecule has 0 N–H and O–H groups in total. The molecule has 3 aromatic rings. The molecule has 0 aromatic heterocycles. The molecule has 5 heteroatoms. The first kappa shape index (κ1) is 26.9. The van der Waals surface area contributed by atoms with E-state index in [-0.39, 0.29) is 0 Å². The van der Waals surface area contributed by atoms with Crippen molar-refractivity contribution in [1.29, 1.82) is 0 Å². The van der Waals surface area contributed by atoms with E-state index in [2.05, 4.69) is 62.9 Å². The van der Waals surface area contributed by atoms with Crippen LogP contribution in [0.25, 0.3) is 16.8 Å². The van der Waals surface area contributed by atoms with Gasteiger partial charge < -0.3 is 23.8 Å². The average molecular weight is 512 g/mol. The van der Waals surface area contributed by atoms with Gasteiger partial charge in [-0.2, -0.15) is 0 Å². The second-order valence-electron chi connectivity index (χ2n) is 9.55. The normalized spacial score (nSPS) is 16.8. The third kappa shape index (κ3) is 4.89. The molecule has 0 aliphatic carbocycles. The summed E-state index contributed by atoms with van der Waals surface area (Å²) in [5.41, 5.74) is 4.16. The molecule has 198 valence electrons. The van der Waals surface area contributed by atoms with Crippen molar-refractivity contribution in [3.8, 4) is 23.0 Å². The van der Waals surface area contributed by atoms with E-state index in [1.165, 1.54) is 0 Å². The highest BCUT2D eigenvalue weighted by molar-refractivity contribution is 5.98. The molecule has 1 atom stereocenters. The smallest absolute Gasteiger partial charge is 0.177 e. The number of likely N-dealkylation sites (N-methyl/N-ethyl adjacent to an activating group) is 1. The Bertz CT molecular complexity index is 1430. The van der Waals surface area contributed by atoms with Crippen LogP contribution in [-0.4, -0.2) is 40.3 Å². The highest BCUT2D eigenvalue weighted by atomic mass is 16.5. The fraction of sp³-hybridized carbons (Fsp3) is 0.273. The van der Waals surface area contributed by atoms with E-state index in [1.54, 1.807) is 21.3 Å².